The van der Waals surface area contributed by atoms with Crippen LogP contribution in [0, 0.1) is 0 Å². The number of rotatable bonds is 7. The molecule has 0 radical (unpaired) electrons. The van der Waals surface area contributed by atoms with Gasteiger partial charge in [-0.05, 0) is 56.0 Å². The molecule has 0 aliphatic carbocycles. The minimum Gasteiger partial charge on any atom is -0.490 e. The van der Waals surface area contributed by atoms with Crippen LogP contribution in [-0.4, -0.2) is 24.7 Å². The van der Waals surface area contributed by atoms with Crippen molar-refractivity contribution in [3.05, 3.63) is 28.2 Å². The monoisotopic (exact) mass is 357 g/mol. The van der Waals surface area contributed by atoms with Gasteiger partial charge in [0.15, 0.2) is 0 Å². The molecule has 2 atom stereocenters. The number of nitrogens with one attached hydrogen (secondary N) is 1. The SMILES string of the molecule is CCCNC1CC(CCCSC)Oc2ccc(Br)cc21. The largest absolute Gasteiger partial charge is 0.490 e. The molecule has 1 aliphatic rings. The van der Waals surface area contributed by atoms with Crippen molar-refractivity contribution in [3.63, 3.8) is 0 Å². The van der Waals surface area contributed by atoms with Gasteiger partial charge in [0.1, 0.15) is 11.9 Å². The van der Waals surface area contributed by atoms with Gasteiger partial charge in [-0.25, -0.2) is 0 Å². The molecule has 0 spiro atoms. The van der Waals surface area contributed by atoms with Crippen LogP contribution >= 0.6 is 27.7 Å². The summed E-state index contributed by atoms with van der Waals surface area (Å²) in [4.78, 5) is 0. The van der Waals surface area contributed by atoms with E-state index < -0.39 is 0 Å². The standard InChI is InChI=1S/C16H24BrNOS/c1-3-8-18-15-11-13(5-4-9-20-2)19-16-7-6-12(17)10-14(15)16/h6-7,10,13,15,18H,3-5,8-9,11H2,1-2H3. The minimum atomic E-state index is 0.352. The van der Waals surface area contributed by atoms with Crippen LogP contribution < -0.4 is 10.1 Å². The Kier molecular flexibility index (Phi) is 6.72. The second-order valence-corrected chi connectivity index (χ2v) is 7.20. The van der Waals surface area contributed by atoms with E-state index in [-0.39, 0.29) is 0 Å². The zero-order chi connectivity index (χ0) is 14.4. The third-order valence-corrected chi connectivity index (χ3v) is 4.84. The summed E-state index contributed by atoms with van der Waals surface area (Å²) in [5.74, 6) is 2.28. The Morgan fingerprint density at radius 2 is 2.30 bits per heavy atom. The molecule has 0 saturated carbocycles. The van der Waals surface area contributed by atoms with Crippen LogP contribution in [0.3, 0.4) is 0 Å². The fourth-order valence-corrected chi connectivity index (χ4v) is 3.49. The molecular weight excluding hydrogens is 334 g/mol. The Bertz CT molecular complexity index is 427. The molecule has 0 fully saturated rings. The Morgan fingerprint density at radius 1 is 1.45 bits per heavy atom. The third kappa shape index (κ3) is 4.40. The summed E-state index contributed by atoms with van der Waals surface area (Å²) >= 11 is 5.48. The van der Waals surface area contributed by atoms with Crippen molar-refractivity contribution >= 4 is 27.7 Å². The lowest BCUT2D eigenvalue weighted by molar-refractivity contribution is 0.140. The van der Waals surface area contributed by atoms with E-state index in [4.69, 9.17) is 4.74 Å². The summed E-state index contributed by atoms with van der Waals surface area (Å²) in [6.07, 6.45) is 7.15. The van der Waals surface area contributed by atoms with Crippen molar-refractivity contribution < 1.29 is 4.74 Å². The predicted molar refractivity (Wildman–Crippen MR) is 91.8 cm³/mol. The molecule has 0 bridgehead atoms. The Balaban J connectivity index is 2.07. The highest BCUT2D eigenvalue weighted by Crippen LogP contribution is 2.37. The number of fused-ring (bicyclic) bond motifs is 1. The van der Waals surface area contributed by atoms with Gasteiger partial charge in [-0.3, -0.25) is 0 Å². The molecule has 1 N–H and O–H groups in total. The van der Waals surface area contributed by atoms with Gasteiger partial charge in [0, 0.05) is 22.5 Å². The summed E-state index contributed by atoms with van der Waals surface area (Å²) < 4.78 is 7.30. The molecule has 1 aromatic rings. The third-order valence-electron chi connectivity index (χ3n) is 3.65. The van der Waals surface area contributed by atoms with Gasteiger partial charge in [-0.1, -0.05) is 22.9 Å². The van der Waals surface area contributed by atoms with Gasteiger partial charge >= 0.3 is 0 Å². The first-order valence-electron chi connectivity index (χ1n) is 7.43. The number of hydrogen-bond donors (Lipinski definition) is 1. The van der Waals surface area contributed by atoms with Gasteiger partial charge in [0.2, 0.25) is 0 Å². The molecule has 20 heavy (non-hydrogen) atoms. The number of hydrogen-bond acceptors (Lipinski definition) is 3. The lowest BCUT2D eigenvalue weighted by atomic mass is 9.94. The molecule has 1 aliphatic heterocycles. The second kappa shape index (κ2) is 8.30. The van der Waals surface area contributed by atoms with E-state index in [1.54, 1.807) is 0 Å². The molecule has 4 heteroatoms. The molecule has 0 amide bonds. The number of thioether (sulfide) groups is 1. The lowest BCUT2D eigenvalue weighted by Crippen LogP contribution is -2.33. The summed E-state index contributed by atoms with van der Waals surface area (Å²) in [6, 6.07) is 6.79. The fourth-order valence-electron chi connectivity index (χ4n) is 2.66. The van der Waals surface area contributed by atoms with E-state index in [9.17, 15) is 0 Å². The highest BCUT2D eigenvalue weighted by molar-refractivity contribution is 9.10. The maximum atomic E-state index is 6.17. The second-order valence-electron chi connectivity index (χ2n) is 5.30. The molecule has 2 nitrogen and oxygen atoms in total. The topological polar surface area (TPSA) is 21.3 Å². The normalized spacial score (nSPS) is 21.4. The van der Waals surface area contributed by atoms with Gasteiger partial charge in [0.25, 0.3) is 0 Å². The minimum absolute atomic E-state index is 0.352. The number of halogens is 1. The van der Waals surface area contributed by atoms with Crippen molar-refractivity contribution in [3.8, 4) is 5.75 Å². The maximum Gasteiger partial charge on any atom is 0.124 e. The quantitative estimate of drug-likeness (QED) is 0.709. The fraction of sp³-hybridized carbons (Fsp3) is 0.625. The van der Waals surface area contributed by atoms with E-state index >= 15 is 0 Å². The summed E-state index contributed by atoms with van der Waals surface area (Å²) in [5, 5.41) is 3.67. The average molecular weight is 358 g/mol. The number of benzene rings is 1. The zero-order valence-corrected chi connectivity index (χ0v) is 14.7. The van der Waals surface area contributed by atoms with Crippen LogP contribution in [0.15, 0.2) is 22.7 Å². The van der Waals surface area contributed by atoms with Crippen molar-refractivity contribution in [2.45, 2.75) is 44.8 Å². The molecule has 2 unspecified atom stereocenters. The summed E-state index contributed by atoms with van der Waals surface area (Å²) in [7, 11) is 0. The van der Waals surface area contributed by atoms with E-state index in [2.05, 4.69) is 52.6 Å². The highest BCUT2D eigenvalue weighted by Gasteiger charge is 2.27. The van der Waals surface area contributed by atoms with E-state index in [1.807, 2.05) is 11.8 Å². The smallest absolute Gasteiger partial charge is 0.124 e. The van der Waals surface area contributed by atoms with Gasteiger partial charge < -0.3 is 10.1 Å². The van der Waals surface area contributed by atoms with Gasteiger partial charge in [-0.2, -0.15) is 11.8 Å². The predicted octanol–water partition coefficient (Wildman–Crippen LogP) is 4.78. The summed E-state index contributed by atoms with van der Waals surface area (Å²) in [6.45, 7) is 3.28. The molecule has 112 valence electrons. The van der Waals surface area contributed by atoms with Crippen molar-refractivity contribution in [1.82, 2.24) is 5.32 Å². The van der Waals surface area contributed by atoms with Crippen molar-refractivity contribution in [1.29, 1.82) is 0 Å². The average Bonchev–Trinajstić information content (AvgIpc) is 2.45. The van der Waals surface area contributed by atoms with E-state index in [1.165, 1.54) is 17.7 Å². The first kappa shape index (κ1) is 16.2. The Morgan fingerprint density at radius 3 is 3.05 bits per heavy atom. The summed E-state index contributed by atoms with van der Waals surface area (Å²) in [5.41, 5.74) is 1.30. The van der Waals surface area contributed by atoms with Crippen LogP contribution in [0.4, 0.5) is 0 Å². The van der Waals surface area contributed by atoms with Gasteiger partial charge in [0.05, 0.1) is 0 Å². The van der Waals surface area contributed by atoms with Crippen LogP contribution in [0.2, 0.25) is 0 Å². The van der Waals surface area contributed by atoms with Crippen molar-refractivity contribution in [2.75, 3.05) is 18.6 Å². The number of ether oxygens (including phenoxy) is 1. The van der Waals surface area contributed by atoms with Crippen molar-refractivity contribution in [2.24, 2.45) is 0 Å². The van der Waals surface area contributed by atoms with E-state index in [0.717, 1.165) is 36.0 Å². The first-order chi connectivity index (χ1) is 9.74. The molecule has 0 aromatic heterocycles. The maximum absolute atomic E-state index is 6.17. The highest BCUT2D eigenvalue weighted by atomic mass is 79.9. The Hall–Kier alpha value is -0.190. The first-order valence-corrected chi connectivity index (χ1v) is 9.61. The van der Waals surface area contributed by atoms with E-state index in [0.29, 0.717) is 12.1 Å². The molecular formula is C16H24BrNOS. The molecule has 0 saturated heterocycles. The van der Waals surface area contributed by atoms with Crippen LogP contribution in [0.25, 0.3) is 0 Å². The molecule has 1 heterocycles. The van der Waals surface area contributed by atoms with Crippen LogP contribution in [0.1, 0.15) is 44.2 Å². The van der Waals surface area contributed by atoms with Crippen LogP contribution in [-0.2, 0) is 0 Å². The Labute approximate surface area is 135 Å². The zero-order valence-electron chi connectivity index (χ0n) is 12.3. The molecule has 1 aromatic carbocycles. The lowest BCUT2D eigenvalue weighted by Gasteiger charge is -2.33. The van der Waals surface area contributed by atoms with Crippen LogP contribution in [0.5, 0.6) is 5.75 Å². The molecule has 2 rings (SSSR count). The van der Waals surface area contributed by atoms with Gasteiger partial charge in [-0.15, -0.1) is 0 Å².